The first kappa shape index (κ1) is 21.0. The van der Waals surface area contributed by atoms with E-state index in [0.717, 1.165) is 51.1 Å². The van der Waals surface area contributed by atoms with E-state index in [1.165, 1.54) is 0 Å². The minimum absolute atomic E-state index is 0.356. The standard InChI is InChI=1S/C26H24N6O3/c1-33-23-11-18-19(12-24(23)34-2)28-6-5-21(18)32-7-8-35-22-4-3-15(9-17(22)14-32)16-10-20-25(29-13-16)31-26(27)30-20/h3-6,9-13H,7-8,14H2,1-2H3,(H3,27,29,30,31). The molecule has 0 saturated heterocycles. The van der Waals surface area contributed by atoms with E-state index >= 15 is 0 Å². The van der Waals surface area contributed by atoms with Crippen LogP contribution in [0.2, 0.25) is 0 Å². The summed E-state index contributed by atoms with van der Waals surface area (Å²) in [5.74, 6) is 2.57. The molecule has 6 rings (SSSR count). The number of aromatic amines is 1. The molecule has 9 heteroatoms. The molecule has 2 aromatic carbocycles. The molecule has 9 nitrogen and oxygen atoms in total. The van der Waals surface area contributed by atoms with Crippen LogP contribution in [0, 0.1) is 0 Å². The molecular formula is C26H24N6O3. The first-order valence-corrected chi connectivity index (χ1v) is 11.3. The van der Waals surface area contributed by atoms with E-state index in [1.54, 1.807) is 14.2 Å². The number of nitrogen functional groups attached to an aromatic ring is 1. The number of ether oxygens (including phenoxy) is 3. The molecule has 4 heterocycles. The zero-order chi connectivity index (χ0) is 23.9. The number of H-pyrrole nitrogens is 1. The fourth-order valence-corrected chi connectivity index (χ4v) is 4.59. The number of benzene rings is 2. The Hall–Kier alpha value is -4.53. The maximum atomic E-state index is 6.11. The molecule has 0 aliphatic carbocycles. The van der Waals surface area contributed by atoms with Gasteiger partial charge in [-0.05, 0) is 35.9 Å². The Kier molecular flexibility index (Phi) is 5.02. The Morgan fingerprint density at radius 2 is 1.86 bits per heavy atom. The van der Waals surface area contributed by atoms with Crippen molar-refractivity contribution in [3.8, 4) is 28.4 Å². The summed E-state index contributed by atoms with van der Waals surface area (Å²) in [6, 6.07) is 14.2. The maximum absolute atomic E-state index is 6.11. The van der Waals surface area contributed by atoms with Crippen molar-refractivity contribution in [3.63, 3.8) is 0 Å². The molecule has 1 aliphatic rings. The van der Waals surface area contributed by atoms with Crippen molar-refractivity contribution in [1.29, 1.82) is 0 Å². The highest BCUT2D eigenvalue weighted by Gasteiger charge is 2.20. The molecule has 176 valence electrons. The fraction of sp³-hybridized carbons (Fsp3) is 0.192. The van der Waals surface area contributed by atoms with Gasteiger partial charge in [-0.3, -0.25) is 4.98 Å². The van der Waals surface area contributed by atoms with Crippen LogP contribution in [0.5, 0.6) is 17.2 Å². The topological polar surface area (TPSA) is 111 Å². The number of pyridine rings is 2. The highest BCUT2D eigenvalue weighted by Crippen LogP contribution is 2.37. The highest BCUT2D eigenvalue weighted by atomic mass is 16.5. The van der Waals surface area contributed by atoms with E-state index in [1.807, 2.05) is 42.7 Å². The lowest BCUT2D eigenvalue weighted by Gasteiger charge is -2.24. The van der Waals surface area contributed by atoms with Crippen LogP contribution < -0.4 is 24.8 Å². The van der Waals surface area contributed by atoms with Crippen LogP contribution in [0.4, 0.5) is 11.6 Å². The van der Waals surface area contributed by atoms with E-state index in [2.05, 4.69) is 37.0 Å². The van der Waals surface area contributed by atoms with Crippen LogP contribution in [-0.2, 0) is 6.54 Å². The van der Waals surface area contributed by atoms with Gasteiger partial charge in [0.05, 0.1) is 31.8 Å². The number of nitrogens with zero attached hydrogens (tertiary/aromatic N) is 4. The number of hydrogen-bond donors (Lipinski definition) is 2. The monoisotopic (exact) mass is 468 g/mol. The lowest BCUT2D eigenvalue weighted by atomic mass is 10.0. The number of rotatable bonds is 4. The zero-order valence-electron chi connectivity index (χ0n) is 19.4. The van der Waals surface area contributed by atoms with Gasteiger partial charge in [0.1, 0.15) is 12.4 Å². The highest BCUT2D eigenvalue weighted by molar-refractivity contribution is 5.94. The van der Waals surface area contributed by atoms with Gasteiger partial charge in [0.25, 0.3) is 0 Å². The van der Waals surface area contributed by atoms with Crippen LogP contribution >= 0.6 is 0 Å². The zero-order valence-corrected chi connectivity index (χ0v) is 19.4. The molecule has 0 unspecified atom stereocenters. The van der Waals surface area contributed by atoms with E-state index in [0.29, 0.717) is 36.2 Å². The Labute approximate surface area is 201 Å². The number of aromatic nitrogens is 4. The maximum Gasteiger partial charge on any atom is 0.200 e. The van der Waals surface area contributed by atoms with Gasteiger partial charge >= 0.3 is 0 Å². The summed E-state index contributed by atoms with van der Waals surface area (Å²) >= 11 is 0. The van der Waals surface area contributed by atoms with Crippen molar-refractivity contribution in [3.05, 3.63) is 60.4 Å². The van der Waals surface area contributed by atoms with Gasteiger partial charge in [-0.15, -0.1) is 0 Å². The number of nitrogens with two attached hydrogens (primary N) is 1. The van der Waals surface area contributed by atoms with Gasteiger partial charge in [0.15, 0.2) is 23.1 Å². The third-order valence-corrected chi connectivity index (χ3v) is 6.29. The second-order valence-corrected chi connectivity index (χ2v) is 8.36. The Bertz CT molecular complexity index is 1560. The molecule has 3 aromatic heterocycles. The summed E-state index contributed by atoms with van der Waals surface area (Å²) < 4.78 is 17.1. The largest absolute Gasteiger partial charge is 0.493 e. The normalized spacial score (nSPS) is 13.4. The minimum Gasteiger partial charge on any atom is -0.493 e. The molecule has 0 spiro atoms. The van der Waals surface area contributed by atoms with Crippen molar-refractivity contribution >= 4 is 33.7 Å². The van der Waals surface area contributed by atoms with Crippen LogP contribution in [-0.4, -0.2) is 47.3 Å². The molecule has 35 heavy (non-hydrogen) atoms. The Morgan fingerprint density at radius 3 is 2.71 bits per heavy atom. The van der Waals surface area contributed by atoms with Gasteiger partial charge in [0.2, 0.25) is 0 Å². The predicted octanol–water partition coefficient (Wildman–Crippen LogP) is 4.17. The summed E-state index contributed by atoms with van der Waals surface area (Å²) in [6.07, 6.45) is 3.64. The van der Waals surface area contributed by atoms with Gasteiger partial charge in [0, 0.05) is 47.2 Å². The lowest BCUT2D eigenvalue weighted by molar-refractivity contribution is 0.332. The van der Waals surface area contributed by atoms with Crippen LogP contribution in [0.1, 0.15) is 5.56 Å². The van der Waals surface area contributed by atoms with E-state index in [-0.39, 0.29) is 0 Å². The molecule has 1 aliphatic heterocycles. The molecule has 0 bridgehead atoms. The molecule has 5 aromatic rings. The van der Waals surface area contributed by atoms with Gasteiger partial charge in [-0.25, -0.2) is 4.98 Å². The smallest absolute Gasteiger partial charge is 0.200 e. The summed E-state index contributed by atoms with van der Waals surface area (Å²) in [7, 11) is 3.27. The minimum atomic E-state index is 0.356. The van der Waals surface area contributed by atoms with Crippen molar-refractivity contribution in [2.75, 3.05) is 38.0 Å². The first-order valence-electron chi connectivity index (χ1n) is 11.3. The van der Waals surface area contributed by atoms with E-state index in [9.17, 15) is 0 Å². The number of imidazole rings is 1. The second kappa shape index (κ2) is 8.35. The summed E-state index contributed by atoms with van der Waals surface area (Å²) in [5, 5.41) is 0.997. The number of nitrogens with one attached hydrogen (secondary N) is 1. The van der Waals surface area contributed by atoms with Crippen molar-refractivity contribution < 1.29 is 14.2 Å². The van der Waals surface area contributed by atoms with Crippen LogP contribution in [0.3, 0.4) is 0 Å². The van der Waals surface area contributed by atoms with Gasteiger partial charge < -0.3 is 29.8 Å². The molecule has 0 atom stereocenters. The van der Waals surface area contributed by atoms with Gasteiger partial charge in [-0.2, -0.15) is 4.98 Å². The third-order valence-electron chi connectivity index (χ3n) is 6.29. The Morgan fingerprint density at radius 1 is 1.00 bits per heavy atom. The summed E-state index contributed by atoms with van der Waals surface area (Å²) in [6.45, 7) is 1.99. The quantitative estimate of drug-likeness (QED) is 0.404. The number of hydrogen-bond acceptors (Lipinski definition) is 8. The first-order chi connectivity index (χ1) is 17.1. The Balaban J connectivity index is 1.39. The fourth-order valence-electron chi connectivity index (χ4n) is 4.59. The number of anilines is 2. The molecule has 0 fully saturated rings. The van der Waals surface area contributed by atoms with E-state index in [4.69, 9.17) is 19.9 Å². The summed E-state index contributed by atoms with van der Waals surface area (Å²) in [5.41, 5.74) is 12.2. The average molecular weight is 469 g/mol. The van der Waals surface area contributed by atoms with Gasteiger partial charge in [-0.1, -0.05) is 6.07 Å². The van der Waals surface area contributed by atoms with Crippen LogP contribution in [0.25, 0.3) is 33.2 Å². The SMILES string of the molecule is COc1cc2nccc(N3CCOc4ccc(-c5cnc6nc(N)[nH]c6c5)cc4C3)c2cc1OC. The van der Waals surface area contributed by atoms with Crippen LogP contribution in [0.15, 0.2) is 54.9 Å². The molecular weight excluding hydrogens is 444 g/mol. The molecule has 0 radical (unpaired) electrons. The van der Waals surface area contributed by atoms with Crippen molar-refractivity contribution in [2.24, 2.45) is 0 Å². The third kappa shape index (κ3) is 3.71. The number of fused-ring (bicyclic) bond motifs is 3. The average Bonchev–Trinajstić information content (AvgIpc) is 3.13. The molecule has 3 N–H and O–H groups in total. The lowest BCUT2D eigenvalue weighted by Crippen LogP contribution is -2.25. The predicted molar refractivity (Wildman–Crippen MR) is 135 cm³/mol. The summed E-state index contributed by atoms with van der Waals surface area (Å²) in [4.78, 5) is 18.5. The van der Waals surface area contributed by atoms with E-state index < -0.39 is 0 Å². The number of methoxy groups -OCH3 is 2. The van der Waals surface area contributed by atoms with Crippen molar-refractivity contribution in [1.82, 2.24) is 19.9 Å². The molecule has 0 saturated carbocycles. The second-order valence-electron chi connectivity index (χ2n) is 8.36. The molecule has 0 amide bonds. The van der Waals surface area contributed by atoms with Crippen molar-refractivity contribution in [2.45, 2.75) is 6.54 Å².